The molecule has 1 saturated heterocycles. The third kappa shape index (κ3) is 4.24. The second-order valence-corrected chi connectivity index (χ2v) is 8.44. The van der Waals surface area contributed by atoms with Crippen molar-refractivity contribution in [2.45, 2.75) is 39.8 Å². The number of nitrogens with zero attached hydrogens (tertiary/aromatic N) is 2. The third-order valence-electron chi connectivity index (χ3n) is 5.57. The summed E-state index contributed by atoms with van der Waals surface area (Å²) in [6.45, 7) is 7.70. The van der Waals surface area contributed by atoms with E-state index in [1.165, 1.54) is 4.90 Å². The Balaban J connectivity index is 1.87. The number of carbonyl (C=O) groups is 2. The number of aromatic nitrogens is 1. The highest BCUT2D eigenvalue weighted by Gasteiger charge is 2.47. The highest BCUT2D eigenvalue weighted by Crippen LogP contribution is 2.42. The first-order valence-corrected chi connectivity index (χ1v) is 10.8. The van der Waals surface area contributed by atoms with E-state index in [4.69, 9.17) is 4.74 Å². The number of ether oxygens (including phenoxy) is 1. The monoisotopic (exact) mass is 442 g/mol. The zero-order valence-electron chi connectivity index (χ0n) is 19.1. The molecule has 1 aliphatic rings. The molecule has 1 amide bonds. The lowest BCUT2D eigenvalue weighted by molar-refractivity contribution is -0.132. The van der Waals surface area contributed by atoms with E-state index in [-0.39, 0.29) is 17.4 Å². The lowest BCUT2D eigenvalue weighted by atomic mass is 9.95. The van der Waals surface area contributed by atoms with Gasteiger partial charge in [0, 0.05) is 23.6 Å². The van der Waals surface area contributed by atoms with E-state index in [0.717, 1.165) is 11.1 Å². The van der Waals surface area contributed by atoms with E-state index in [0.29, 0.717) is 22.6 Å². The number of pyridine rings is 1. The van der Waals surface area contributed by atoms with Crippen LogP contribution in [0.4, 0.5) is 5.69 Å². The van der Waals surface area contributed by atoms with Crippen molar-refractivity contribution in [3.8, 4) is 5.75 Å². The van der Waals surface area contributed by atoms with Crippen molar-refractivity contribution >= 4 is 23.1 Å². The predicted octanol–water partition coefficient (Wildman–Crippen LogP) is 5.11. The highest BCUT2D eigenvalue weighted by atomic mass is 16.5. The van der Waals surface area contributed by atoms with Gasteiger partial charge in [0.15, 0.2) is 0 Å². The number of ketones is 1. The molecule has 1 atom stereocenters. The van der Waals surface area contributed by atoms with Crippen molar-refractivity contribution in [1.82, 2.24) is 4.98 Å². The summed E-state index contributed by atoms with van der Waals surface area (Å²) in [5, 5.41) is 11.3. The van der Waals surface area contributed by atoms with Gasteiger partial charge in [0.25, 0.3) is 11.7 Å². The molecule has 1 fully saturated rings. The van der Waals surface area contributed by atoms with Gasteiger partial charge in [-0.15, -0.1) is 0 Å². The maximum Gasteiger partial charge on any atom is 0.300 e. The van der Waals surface area contributed by atoms with Crippen molar-refractivity contribution in [3.05, 3.63) is 94.8 Å². The van der Waals surface area contributed by atoms with Gasteiger partial charge in [-0.05, 0) is 75.2 Å². The number of anilines is 1. The van der Waals surface area contributed by atoms with Gasteiger partial charge in [0.05, 0.1) is 17.7 Å². The highest BCUT2D eigenvalue weighted by molar-refractivity contribution is 6.51. The molecule has 0 spiro atoms. The topological polar surface area (TPSA) is 79.7 Å². The van der Waals surface area contributed by atoms with Gasteiger partial charge in [-0.3, -0.25) is 19.5 Å². The van der Waals surface area contributed by atoms with Gasteiger partial charge in [-0.1, -0.05) is 23.8 Å². The SMILES string of the molecule is Cc1ccc(N2C(=O)C(=O)/C(=C(\O)c3ccc(OC(C)C)c(C)c3)C2c2cccnc2)cc1. The van der Waals surface area contributed by atoms with Crippen molar-refractivity contribution in [2.24, 2.45) is 0 Å². The summed E-state index contributed by atoms with van der Waals surface area (Å²) < 4.78 is 5.78. The Labute approximate surface area is 193 Å². The molecule has 6 heteroatoms. The van der Waals surface area contributed by atoms with E-state index in [2.05, 4.69) is 4.98 Å². The molecular weight excluding hydrogens is 416 g/mol. The Bertz CT molecular complexity index is 1230. The van der Waals surface area contributed by atoms with Crippen molar-refractivity contribution in [2.75, 3.05) is 4.90 Å². The van der Waals surface area contributed by atoms with Crippen LogP contribution in [0.3, 0.4) is 0 Å². The average molecular weight is 443 g/mol. The molecule has 0 radical (unpaired) electrons. The Morgan fingerprint density at radius 1 is 1.06 bits per heavy atom. The molecule has 168 valence electrons. The molecular formula is C27H26N2O4. The molecule has 4 rings (SSSR count). The lowest BCUT2D eigenvalue weighted by Gasteiger charge is -2.25. The third-order valence-corrected chi connectivity index (χ3v) is 5.57. The number of hydrogen-bond acceptors (Lipinski definition) is 5. The molecule has 0 bridgehead atoms. The van der Waals surface area contributed by atoms with Crippen LogP contribution in [0.1, 0.15) is 42.1 Å². The molecule has 2 aromatic carbocycles. The van der Waals surface area contributed by atoms with Crippen molar-refractivity contribution < 1.29 is 19.4 Å². The fourth-order valence-electron chi connectivity index (χ4n) is 4.00. The van der Waals surface area contributed by atoms with E-state index in [1.807, 2.05) is 39.8 Å². The Morgan fingerprint density at radius 3 is 2.39 bits per heavy atom. The summed E-state index contributed by atoms with van der Waals surface area (Å²) in [6.07, 6.45) is 3.24. The molecule has 2 heterocycles. The van der Waals surface area contributed by atoms with E-state index >= 15 is 0 Å². The zero-order valence-corrected chi connectivity index (χ0v) is 19.1. The van der Waals surface area contributed by atoms with Crippen LogP contribution in [0.2, 0.25) is 0 Å². The number of aliphatic hydroxyl groups excluding tert-OH is 1. The Morgan fingerprint density at radius 2 is 1.79 bits per heavy atom. The molecule has 1 unspecified atom stereocenters. The minimum atomic E-state index is -0.798. The van der Waals surface area contributed by atoms with Crippen LogP contribution >= 0.6 is 0 Å². The lowest BCUT2D eigenvalue weighted by Crippen LogP contribution is -2.29. The number of Topliss-reactive ketones (excluding diaryl/α,β-unsaturated/α-hetero) is 1. The maximum atomic E-state index is 13.2. The van der Waals surface area contributed by atoms with Crippen LogP contribution in [-0.2, 0) is 9.59 Å². The number of aliphatic hydroxyl groups is 1. The minimum absolute atomic E-state index is 0.00793. The summed E-state index contributed by atoms with van der Waals surface area (Å²) in [6, 6.07) is 15.3. The number of benzene rings is 2. The van der Waals surface area contributed by atoms with Crippen LogP contribution in [0.5, 0.6) is 5.75 Å². The maximum absolute atomic E-state index is 13.2. The fourth-order valence-corrected chi connectivity index (χ4v) is 4.00. The van der Waals surface area contributed by atoms with Gasteiger partial charge >= 0.3 is 0 Å². The van der Waals surface area contributed by atoms with E-state index in [9.17, 15) is 14.7 Å². The largest absolute Gasteiger partial charge is 0.507 e. The first-order chi connectivity index (χ1) is 15.8. The van der Waals surface area contributed by atoms with Crippen LogP contribution in [-0.4, -0.2) is 27.9 Å². The summed E-state index contributed by atoms with van der Waals surface area (Å²) in [4.78, 5) is 31.9. The molecule has 3 aromatic rings. The summed E-state index contributed by atoms with van der Waals surface area (Å²) in [7, 11) is 0. The van der Waals surface area contributed by atoms with Gasteiger partial charge in [0.1, 0.15) is 11.5 Å². The van der Waals surface area contributed by atoms with Gasteiger partial charge in [-0.25, -0.2) is 0 Å². The standard InChI is InChI=1S/C27H26N2O4/c1-16(2)33-22-12-9-19(14-18(22)4)25(30)23-24(20-6-5-13-28-15-20)29(27(32)26(23)31)21-10-7-17(3)8-11-21/h5-16,24,30H,1-4H3/b25-23-. The average Bonchev–Trinajstić information content (AvgIpc) is 3.06. The first-order valence-electron chi connectivity index (χ1n) is 10.8. The minimum Gasteiger partial charge on any atom is -0.507 e. The molecule has 6 nitrogen and oxygen atoms in total. The van der Waals surface area contributed by atoms with E-state index < -0.39 is 17.7 Å². The quantitative estimate of drug-likeness (QED) is 0.337. The normalized spacial score (nSPS) is 17.6. The number of aryl methyl sites for hydroxylation is 2. The Kier molecular flexibility index (Phi) is 6.01. The summed E-state index contributed by atoms with van der Waals surface area (Å²) >= 11 is 0. The first kappa shape index (κ1) is 22.3. The Hall–Kier alpha value is -3.93. The van der Waals surface area contributed by atoms with Gasteiger partial charge in [-0.2, -0.15) is 0 Å². The van der Waals surface area contributed by atoms with Crippen molar-refractivity contribution in [1.29, 1.82) is 0 Å². The zero-order chi connectivity index (χ0) is 23.7. The molecule has 1 N–H and O–H groups in total. The predicted molar refractivity (Wildman–Crippen MR) is 127 cm³/mol. The smallest absolute Gasteiger partial charge is 0.300 e. The molecule has 1 aliphatic heterocycles. The number of carbonyl (C=O) groups excluding carboxylic acids is 2. The van der Waals surface area contributed by atoms with Crippen LogP contribution < -0.4 is 9.64 Å². The fraction of sp³-hybridized carbons (Fsp3) is 0.222. The molecule has 0 aliphatic carbocycles. The van der Waals surface area contributed by atoms with Crippen LogP contribution in [0.25, 0.3) is 5.76 Å². The molecule has 33 heavy (non-hydrogen) atoms. The van der Waals surface area contributed by atoms with Crippen LogP contribution in [0.15, 0.2) is 72.6 Å². The van der Waals surface area contributed by atoms with Crippen LogP contribution in [0, 0.1) is 13.8 Å². The van der Waals surface area contributed by atoms with Gasteiger partial charge in [0.2, 0.25) is 0 Å². The summed E-state index contributed by atoms with van der Waals surface area (Å²) in [5.41, 5.74) is 3.54. The molecule has 1 aromatic heterocycles. The number of hydrogen-bond donors (Lipinski definition) is 1. The second-order valence-electron chi connectivity index (χ2n) is 8.44. The summed E-state index contributed by atoms with van der Waals surface area (Å²) in [5.74, 6) is -0.950. The number of rotatable bonds is 5. The number of amides is 1. The van der Waals surface area contributed by atoms with E-state index in [1.54, 1.807) is 54.9 Å². The van der Waals surface area contributed by atoms with Crippen molar-refractivity contribution in [3.63, 3.8) is 0 Å². The second kappa shape index (κ2) is 8.90. The van der Waals surface area contributed by atoms with Gasteiger partial charge < -0.3 is 9.84 Å². The molecule has 0 saturated carbocycles.